The number of nitrogens with zero attached hydrogens (tertiary/aromatic N) is 3. The standard InChI is InChI=1S/C35H32N6O3S2/c1-23-39-40-35(45-23)38-34(44)31(25-11-6-4-7-12-25)46-29-16-10-15-27(22-29)36-33(43)30(37-32(42)26-13-8-5-9-14-26)21-24-17-19-28(20-18-24)41(2)3/h4-22,31H,1-3H3,(H,36,43)(H,37,42)(H,38,40,44)/b30-21+. The summed E-state index contributed by atoms with van der Waals surface area (Å²) in [5, 5.41) is 17.2. The van der Waals surface area contributed by atoms with Crippen LogP contribution in [-0.2, 0) is 9.59 Å². The molecule has 11 heteroatoms. The molecule has 3 amide bonds. The zero-order chi connectivity index (χ0) is 32.5. The van der Waals surface area contributed by atoms with Gasteiger partial charge in [-0.25, -0.2) is 0 Å². The van der Waals surface area contributed by atoms with Crippen LogP contribution in [0.4, 0.5) is 16.5 Å². The number of hydrogen-bond donors (Lipinski definition) is 3. The maximum Gasteiger partial charge on any atom is 0.272 e. The zero-order valence-electron chi connectivity index (χ0n) is 25.4. The van der Waals surface area contributed by atoms with Crippen LogP contribution in [0.5, 0.6) is 0 Å². The van der Waals surface area contributed by atoms with Crippen LogP contribution in [0, 0.1) is 6.92 Å². The van der Waals surface area contributed by atoms with E-state index in [9.17, 15) is 14.4 Å². The lowest BCUT2D eigenvalue weighted by molar-refractivity contribution is -0.116. The van der Waals surface area contributed by atoms with Gasteiger partial charge in [-0.05, 0) is 66.6 Å². The first-order valence-corrected chi connectivity index (χ1v) is 16.0. The molecule has 3 N–H and O–H groups in total. The predicted octanol–water partition coefficient (Wildman–Crippen LogP) is 6.79. The predicted molar refractivity (Wildman–Crippen MR) is 186 cm³/mol. The van der Waals surface area contributed by atoms with Gasteiger partial charge in [0.2, 0.25) is 11.0 Å². The number of amides is 3. The van der Waals surface area contributed by atoms with Crippen molar-refractivity contribution >= 4 is 63.4 Å². The minimum atomic E-state index is -0.595. The van der Waals surface area contributed by atoms with Crippen molar-refractivity contribution < 1.29 is 14.4 Å². The van der Waals surface area contributed by atoms with E-state index in [1.807, 2.05) is 92.6 Å². The average Bonchev–Trinajstić information content (AvgIpc) is 3.48. The van der Waals surface area contributed by atoms with Crippen LogP contribution in [0.15, 0.2) is 120 Å². The molecule has 232 valence electrons. The van der Waals surface area contributed by atoms with E-state index in [-0.39, 0.29) is 11.6 Å². The number of benzene rings is 4. The second-order valence-electron chi connectivity index (χ2n) is 10.4. The van der Waals surface area contributed by atoms with Crippen molar-refractivity contribution in [1.29, 1.82) is 0 Å². The first-order chi connectivity index (χ1) is 22.2. The number of carbonyl (C=O) groups is 3. The highest BCUT2D eigenvalue weighted by Crippen LogP contribution is 2.37. The molecule has 0 fully saturated rings. The van der Waals surface area contributed by atoms with Crippen LogP contribution in [0.2, 0.25) is 0 Å². The molecule has 1 unspecified atom stereocenters. The van der Waals surface area contributed by atoms with Crippen molar-refractivity contribution in [3.8, 4) is 0 Å². The highest BCUT2D eigenvalue weighted by molar-refractivity contribution is 8.00. The molecule has 5 aromatic rings. The number of nitrogens with one attached hydrogen (secondary N) is 3. The zero-order valence-corrected chi connectivity index (χ0v) is 27.1. The molecule has 1 atom stereocenters. The third-order valence-corrected chi connectivity index (χ3v) is 8.69. The van der Waals surface area contributed by atoms with E-state index in [0.29, 0.717) is 16.4 Å². The van der Waals surface area contributed by atoms with Gasteiger partial charge in [-0.15, -0.1) is 22.0 Å². The summed E-state index contributed by atoms with van der Waals surface area (Å²) in [4.78, 5) is 42.9. The van der Waals surface area contributed by atoms with Gasteiger partial charge in [0.15, 0.2) is 0 Å². The second kappa shape index (κ2) is 15.2. The Morgan fingerprint density at radius 2 is 1.52 bits per heavy atom. The summed E-state index contributed by atoms with van der Waals surface area (Å²) in [6.45, 7) is 1.82. The van der Waals surface area contributed by atoms with E-state index in [1.165, 1.54) is 23.1 Å². The molecule has 0 aliphatic heterocycles. The van der Waals surface area contributed by atoms with Crippen LogP contribution in [-0.4, -0.2) is 42.0 Å². The summed E-state index contributed by atoms with van der Waals surface area (Å²) in [6, 6.07) is 33.0. The normalized spacial score (nSPS) is 11.8. The second-order valence-corrected chi connectivity index (χ2v) is 12.7. The summed E-state index contributed by atoms with van der Waals surface area (Å²) in [7, 11) is 3.90. The summed E-state index contributed by atoms with van der Waals surface area (Å²) in [5.74, 6) is -1.14. The first-order valence-electron chi connectivity index (χ1n) is 14.3. The average molecular weight is 649 g/mol. The molecule has 1 aromatic heterocycles. The van der Waals surface area contributed by atoms with Gasteiger partial charge < -0.3 is 15.5 Å². The monoisotopic (exact) mass is 648 g/mol. The Morgan fingerprint density at radius 3 is 2.17 bits per heavy atom. The van der Waals surface area contributed by atoms with E-state index < -0.39 is 17.1 Å². The van der Waals surface area contributed by atoms with Gasteiger partial charge >= 0.3 is 0 Å². The Balaban J connectivity index is 1.37. The number of carbonyl (C=O) groups excluding carboxylic acids is 3. The Bertz CT molecular complexity index is 1840. The Morgan fingerprint density at radius 1 is 0.826 bits per heavy atom. The highest BCUT2D eigenvalue weighted by Gasteiger charge is 2.24. The summed E-state index contributed by atoms with van der Waals surface area (Å²) < 4.78 is 0. The fourth-order valence-electron chi connectivity index (χ4n) is 4.38. The summed E-state index contributed by atoms with van der Waals surface area (Å²) in [5.41, 5.74) is 3.58. The van der Waals surface area contributed by atoms with Crippen LogP contribution < -0.4 is 20.9 Å². The molecule has 1 heterocycles. The van der Waals surface area contributed by atoms with Gasteiger partial charge in [0.05, 0.1) is 0 Å². The van der Waals surface area contributed by atoms with Gasteiger partial charge in [0.25, 0.3) is 11.8 Å². The Labute approximate surface area is 275 Å². The molecule has 0 aliphatic rings. The van der Waals surface area contributed by atoms with Crippen molar-refractivity contribution in [1.82, 2.24) is 15.5 Å². The fraction of sp³-hybridized carbons (Fsp3) is 0.114. The van der Waals surface area contributed by atoms with Crippen molar-refractivity contribution in [2.75, 3.05) is 29.6 Å². The number of rotatable bonds is 11. The van der Waals surface area contributed by atoms with E-state index in [2.05, 4.69) is 26.1 Å². The van der Waals surface area contributed by atoms with E-state index in [0.717, 1.165) is 26.7 Å². The third-order valence-electron chi connectivity index (χ3n) is 6.69. The smallest absolute Gasteiger partial charge is 0.272 e. The topological polar surface area (TPSA) is 116 Å². The van der Waals surface area contributed by atoms with Crippen molar-refractivity contribution in [2.24, 2.45) is 0 Å². The molecule has 5 rings (SSSR count). The van der Waals surface area contributed by atoms with Gasteiger partial charge in [0, 0.05) is 35.9 Å². The van der Waals surface area contributed by atoms with Crippen LogP contribution in [0.1, 0.15) is 31.7 Å². The minimum absolute atomic E-state index is 0.0819. The maximum atomic E-state index is 13.6. The number of aryl methyl sites for hydroxylation is 1. The van der Waals surface area contributed by atoms with Crippen LogP contribution >= 0.6 is 23.1 Å². The van der Waals surface area contributed by atoms with Crippen LogP contribution in [0.25, 0.3) is 6.08 Å². The third kappa shape index (κ3) is 8.68. The number of thioether (sulfide) groups is 1. The molecule has 0 saturated heterocycles. The van der Waals surface area contributed by atoms with Gasteiger partial charge in [-0.2, -0.15) is 0 Å². The lowest BCUT2D eigenvalue weighted by atomic mass is 10.1. The molecule has 9 nitrogen and oxygen atoms in total. The van der Waals surface area contributed by atoms with Crippen molar-refractivity contribution in [3.63, 3.8) is 0 Å². The summed E-state index contributed by atoms with van der Waals surface area (Å²) in [6.07, 6.45) is 1.64. The molecule has 0 bridgehead atoms. The molecule has 46 heavy (non-hydrogen) atoms. The molecular weight excluding hydrogens is 617 g/mol. The maximum absolute atomic E-state index is 13.6. The highest BCUT2D eigenvalue weighted by atomic mass is 32.2. The molecule has 4 aromatic carbocycles. The Hall–Kier alpha value is -5.26. The largest absolute Gasteiger partial charge is 0.378 e. The molecular formula is C35H32N6O3S2. The number of hydrogen-bond acceptors (Lipinski definition) is 8. The lowest BCUT2D eigenvalue weighted by Gasteiger charge is -2.17. The van der Waals surface area contributed by atoms with Gasteiger partial charge in [-0.1, -0.05) is 78.1 Å². The van der Waals surface area contributed by atoms with E-state index >= 15 is 0 Å². The lowest BCUT2D eigenvalue weighted by Crippen LogP contribution is -2.30. The van der Waals surface area contributed by atoms with Crippen LogP contribution in [0.3, 0.4) is 0 Å². The minimum Gasteiger partial charge on any atom is -0.378 e. The Kier molecular flexibility index (Phi) is 10.6. The van der Waals surface area contributed by atoms with Crippen molar-refractivity contribution in [2.45, 2.75) is 17.1 Å². The van der Waals surface area contributed by atoms with E-state index in [4.69, 9.17) is 0 Å². The molecule has 0 aliphatic carbocycles. The number of anilines is 3. The van der Waals surface area contributed by atoms with E-state index in [1.54, 1.807) is 48.5 Å². The quantitative estimate of drug-likeness (QED) is 0.107. The van der Waals surface area contributed by atoms with Crippen molar-refractivity contribution in [3.05, 3.63) is 137 Å². The fourth-order valence-corrected chi connectivity index (χ4v) is 6.06. The first kappa shape index (κ1) is 32.1. The SMILES string of the molecule is Cc1nnc(NC(=O)C(Sc2cccc(NC(=O)/C(=C\c3ccc(N(C)C)cc3)NC(=O)c3ccccc3)c2)c2ccccc2)s1. The molecule has 0 spiro atoms. The van der Waals surface area contributed by atoms with Gasteiger partial charge in [-0.3, -0.25) is 19.7 Å². The van der Waals surface area contributed by atoms with Gasteiger partial charge in [0.1, 0.15) is 16.0 Å². The molecule has 0 radical (unpaired) electrons. The number of aromatic nitrogens is 2. The summed E-state index contributed by atoms with van der Waals surface area (Å²) >= 11 is 2.65. The molecule has 0 saturated carbocycles.